The molecule has 0 saturated heterocycles. The van der Waals surface area contributed by atoms with Gasteiger partial charge in [0.2, 0.25) is 0 Å². The van der Waals surface area contributed by atoms with Gasteiger partial charge in [0, 0.05) is 48.0 Å². The van der Waals surface area contributed by atoms with E-state index in [4.69, 9.17) is 4.42 Å². The summed E-state index contributed by atoms with van der Waals surface area (Å²) < 4.78 is 9.01. The van der Waals surface area contributed by atoms with E-state index in [0.717, 1.165) is 33.3 Å². The summed E-state index contributed by atoms with van der Waals surface area (Å²) in [5, 5.41) is 10.6. The van der Waals surface area contributed by atoms with Crippen molar-refractivity contribution in [3.63, 3.8) is 0 Å². The van der Waals surface area contributed by atoms with Crippen LogP contribution in [0, 0.1) is 0 Å². The highest BCUT2D eigenvalue weighted by Gasteiger charge is 2.39. The summed E-state index contributed by atoms with van der Waals surface area (Å²) in [5.74, 6) is 0. The van der Waals surface area contributed by atoms with Crippen LogP contribution in [0.2, 0.25) is 13.1 Å². The number of hydrogen-bond acceptors (Lipinski definition) is 3. The number of nitrogens with zero attached hydrogens (tertiary/aromatic N) is 1. The molecule has 3 heterocycles. The first-order valence-electron chi connectivity index (χ1n) is 17.9. The number of thiophene rings is 1. The zero-order valence-electron chi connectivity index (χ0n) is 28.9. The summed E-state index contributed by atoms with van der Waals surface area (Å²) in [4.78, 5) is 2.44. The number of rotatable bonds is 4. The summed E-state index contributed by atoms with van der Waals surface area (Å²) in [6.45, 7) is 5.05. The van der Waals surface area contributed by atoms with Crippen molar-refractivity contribution in [1.29, 1.82) is 0 Å². The van der Waals surface area contributed by atoms with Gasteiger partial charge in [0.05, 0.1) is 0 Å². The zero-order chi connectivity index (χ0) is 34.6. The van der Waals surface area contributed by atoms with Gasteiger partial charge < -0.3 is 9.32 Å². The van der Waals surface area contributed by atoms with Gasteiger partial charge in [-0.25, -0.2) is 0 Å². The molecule has 0 atom stereocenters. The largest absolute Gasteiger partial charge is 0.456 e. The predicted octanol–water partition coefficient (Wildman–Crippen LogP) is 13.0. The molecule has 1 aliphatic rings. The van der Waals surface area contributed by atoms with Crippen molar-refractivity contribution in [3.05, 3.63) is 164 Å². The molecule has 0 fully saturated rings. The maximum atomic E-state index is 6.28. The Bertz CT molecular complexity index is 3080. The van der Waals surface area contributed by atoms with Gasteiger partial charge in [-0.05, 0) is 110 Å². The predicted molar refractivity (Wildman–Crippen MR) is 226 cm³/mol. The van der Waals surface area contributed by atoms with E-state index in [1.165, 1.54) is 69.3 Å². The van der Waals surface area contributed by atoms with E-state index in [0.29, 0.717) is 0 Å². The average Bonchev–Trinajstić information content (AvgIpc) is 3.82. The van der Waals surface area contributed by atoms with E-state index < -0.39 is 8.07 Å². The molecule has 0 N–H and O–H groups in total. The minimum absolute atomic E-state index is 0.903. The minimum Gasteiger partial charge on any atom is -0.456 e. The molecular weight excluding hydrogens is 667 g/mol. The lowest BCUT2D eigenvalue weighted by Crippen LogP contribution is -2.49. The second-order valence-electron chi connectivity index (χ2n) is 14.5. The monoisotopic (exact) mass is 699 g/mol. The van der Waals surface area contributed by atoms with Crippen molar-refractivity contribution in [1.82, 2.24) is 0 Å². The highest BCUT2D eigenvalue weighted by molar-refractivity contribution is 7.26. The number of para-hydroxylation sites is 1. The fourth-order valence-electron chi connectivity index (χ4n) is 8.66. The van der Waals surface area contributed by atoms with Crippen molar-refractivity contribution in [2.75, 3.05) is 4.90 Å². The van der Waals surface area contributed by atoms with E-state index in [2.05, 4.69) is 176 Å². The molecule has 246 valence electrons. The highest BCUT2D eigenvalue weighted by atomic mass is 32.1. The number of benzene rings is 8. The molecule has 0 radical (unpaired) electrons. The lowest BCUT2D eigenvalue weighted by molar-refractivity contribution is 0.669. The Balaban J connectivity index is 1.12. The van der Waals surface area contributed by atoms with Crippen molar-refractivity contribution in [2.45, 2.75) is 13.1 Å². The van der Waals surface area contributed by atoms with Gasteiger partial charge in [0.25, 0.3) is 0 Å². The number of furan rings is 1. The SMILES string of the molecule is C[Si]1(C)c2cc(N(c3cccc(-c4ccc5ccccc5c4)c3)c3ccc4oc5ccccc5c4c3)ccc2-c2c1ccc1sc3ccccc3c21. The minimum atomic E-state index is -2.03. The maximum Gasteiger partial charge on any atom is 0.135 e. The second kappa shape index (κ2) is 11.0. The molecule has 0 bridgehead atoms. The Hall–Kier alpha value is -5.94. The van der Waals surface area contributed by atoms with Crippen molar-refractivity contribution < 1.29 is 4.42 Å². The number of fused-ring (bicyclic) bond motifs is 11. The number of anilines is 3. The molecule has 4 heteroatoms. The Morgan fingerprint density at radius 3 is 2.13 bits per heavy atom. The maximum absolute atomic E-state index is 6.28. The second-order valence-corrected chi connectivity index (χ2v) is 20.0. The first-order chi connectivity index (χ1) is 25.5. The Morgan fingerprint density at radius 1 is 0.481 bits per heavy atom. The normalized spacial score (nSPS) is 13.3. The molecule has 0 aliphatic carbocycles. The molecule has 0 amide bonds. The van der Waals surface area contributed by atoms with E-state index in [1.807, 2.05) is 17.4 Å². The quantitative estimate of drug-likeness (QED) is 0.170. The zero-order valence-corrected chi connectivity index (χ0v) is 30.7. The first kappa shape index (κ1) is 29.8. The van der Waals surface area contributed by atoms with Gasteiger partial charge in [0.15, 0.2) is 0 Å². The van der Waals surface area contributed by atoms with Crippen LogP contribution < -0.4 is 15.3 Å². The molecule has 0 spiro atoms. The van der Waals surface area contributed by atoms with Crippen LogP contribution in [0.4, 0.5) is 17.1 Å². The standard InChI is InChI=1S/C48H33NOSSi/c1-52(2)45-25-24-44-47(38-15-6-8-17-43(38)51-44)48(45)39-22-20-36(29-46(39)52)49(35-21-23-42-40(28-35)37-14-5-7-16-41(37)50-42)34-13-9-12-32(27-34)33-19-18-30-10-3-4-11-31(30)26-33/h3-29H,1-2H3. The lowest BCUT2D eigenvalue weighted by Gasteiger charge is -2.28. The van der Waals surface area contributed by atoms with Crippen molar-refractivity contribution in [3.8, 4) is 22.3 Å². The van der Waals surface area contributed by atoms with Crippen LogP contribution >= 0.6 is 11.3 Å². The fraction of sp³-hybridized carbons (Fsp3) is 0.0417. The summed E-state index contributed by atoms with van der Waals surface area (Å²) >= 11 is 1.91. The molecule has 0 saturated carbocycles. The molecule has 52 heavy (non-hydrogen) atoms. The topological polar surface area (TPSA) is 16.4 Å². The van der Waals surface area contributed by atoms with Crippen LogP contribution in [0.1, 0.15) is 0 Å². The first-order valence-corrected chi connectivity index (χ1v) is 21.7. The third-order valence-corrected chi connectivity index (χ3v) is 15.9. The summed E-state index contributed by atoms with van der Waals surface area (Å²) in [5.41, 5.74) is 10.5. The Labute approximate surface area is 306 Å². The van der Waals surface area contributed by atoms with E-state index in [9.17, 15) is 0 Å². The molecule has 0 unspecified atom stereocenters. The van der Waals surface area contributed by atoms with Crippen LogP contribution in [-0.2, 0) is 0 Å². The van der Waals surface area contributed by atoms with Crippen LogP contribution in [0.5, 0.6) is 0 Å². The van der Waals surface area contributed by atoms with E-state index in [-0.39, 0.29) is 0 Å². The average molecular weight is 700 g/mol. The summed E-state index contributed by atoms with van der Waals surface area (Å²) in [6, 6.07) is 60.3. The van der Waals surface area contributed by atoms with Gasteiger partial charge in [-0.15, -0.1) is 11.3 Å². The number of hydrogen-bond donors (Lipinski definition) is 0. The summed E-state index contributed by atoms with van der Waals surface area (Å²) in [6.07, 6.45) is 0. The molecule has 11 rings (SSSR count). The van der Waals surface area contributed by atoms with Crippen molar-refractivity contribution in [2.24, 2.45) is 0 Å². The van der Waals surface area contributed by atoms with Gasteiger partial charge in [-0.2, -0.15) is 0 Å². The van der Waals surface area contributed by atoms with Crippen LogP contribution in [0.3, 0.4) is 0 Å². The molecule has 1 aliphatic heterocycles. The molecule has 10 aromatic rings. The van der Waals surface area contributed by atoms with Crippen molar-refractivity contribution >= 4 is 99.7 Å². The highest BCUT2D eigenvalue weighted by Crippen LogP contribution is 2.45. The van der Waals surface area contributed by atoms with Gasteiger partial charge in [-0.1, -0.05) is 110 Å². The van der Waals surface area contributed by atoms with Crippen LogP contribution in [0.15, 0.2) is 168 Å². The Morgan fingerprint density at radius 2 is 1.21 bits per heavy atom. The summed E-state index contributed by atoms with van der Waals surface area (Å²) in [7, 11) is -2.03. The fourth-order valence-corrected chi connectivity index (χ4v) is 12.8. The van der Waals surface area contributed by atoms with E-state index in [1.54, 1.807) is 0 Å². The third kappa shape index (κ3) is 4.35. The van der Waals surface area contributed by atoms with E-state index >= 15 is 0 Å². The molecular formula is C48H33NOSSi. The molecule has 8 aromatic carbocycles. The lowest BCUT2D eigenvalue weighted by atomic mass is 9.98. The van der Waals surface area contributed by atoms with Gasteiger partial charge >= 0.3 is 0 Å². The molecule has 2 nitrogen and oxygen atoms in total. The molecule has 2 aromatic heterocycles. The van der Waals surface area contributed by atoms with Crippen LogP contribution in [-0.4, -0.2) is 8.07 Å². The smallest absolute Gasteiger partial charge is 0.135 e. The van der Waals surface area contributed by atoms with Gasteiger partial charge in [0.1, 0.15) is 19.2 Å². The Kier molecular flexibility index (Phi) is 6.31. The third-order valence-electron chi connectivity index (χ3n) is 11.2. The van der Waals surface area contributed by atoms with Crippen LogP contribution in [0.25, 0.3) is 75.1 Å². The van der Waals surface area contributed by atoms with Gasteiger partial charge in [-0.3, -0.25) is 0 Å².